The highest BCUT2D eigenvalue weighted by Crippen LogP contribution is 2.23. The van der Waals surface area contributed by atoms with Crippen molar-refractivity contribution < 1.29 is 18.4 Å². The van der Waals surface area contributed by atoms with E-state index in [0.29, 0.717) is 12.4 Å². The van der Waals surface area contributed by atoms with E-state index in [1.807, 2.05) is 6.92 Å². The molecule has 0 aliphatic heterocycles. The van der Waals surface area contributed by atoms with E-state index in [2.05, 4.69) is 0 Å². The number of ketones is 1. The summed E-state index contributed by atoms with van der Waals surface area (Å²) in [6.07, 6.45) is 2.24. The Kier molecular flexibility index (Phi) is 3.22. The minimum absolute atomic E-state index is 0.234. The maximum atomic E-state index is 12.0. The van der Waals surface area contributed by atoms with Gasteiger partial charge in [-0.05, 0) is 31.2 Å². The maximum Gasteiger partial charge on any atom is 0.234 e. The average Bonchev–Trinajstić information content (AvgIpc) is 2.96. The number of carbonyl (C=O) groups excluding carboxylic acids is 1. The van der Waals surface area contributed by atoms with Crippen LogP contribution in [0.5, 0.6) is 0 Å². The molecule has 0 fully saturated rings. The van der Waals surface area contributed by atoms with E-state index < -0.39 is 6.10 Å². The van der Waals surface area contributed by atoms with Crippen LogP contribution in [0, 0.1) is 0 Å². The van der Waals surface area contributed by atoms with Crippen LogP contribution in [-0.4, -0.2) is 12.4 Å². The van der Waals surface area contributed by atoms with Gasteiger partial charge in [0.15, 0.2) is 11.9 Å². The van der Waals surface area contributed by atoms with E-state index in [9.17, 15) is 4.79 Å². The quantitative estimate of drug-likeness (QED) is 0.727. The van der Waals surface area contributed by atoms with Gasteiger partial charge in [0.1, 0.15) is 5.76 Å². The number of furan rings is 2. The first-order valence-electron chi connectivity index (χ1n) is 5.05. The zero-order chi connectivity index (χ0) is 11.4. The summed E-state index contributed by atoms with van der Waals surface area (Å²) in [6.45, 7) is 2.25. The lowest BCUT2D eigenvalue weighted by atomic mass is 10.1. The van der Waals surface area contributed by atoms with Crippen molar-refractivity contribution in [3.8, 4) is 0 Å². The van der Waals surface area contributed by atoms with Gasteiger partial charge in [-0.15, -0.1) is 0 Å². The molecule has 2 rings (SSSR count). The summed E-state index contributed by atoms with van der Waals surface area (Å²) in [5.74, 6) is 0.528. The molecule has 0 aliphatic rings. The Morgan fingerprint density at radius 2 is 2.06 bits per heavy atom. The van der Waals surface area contributed by atoms with Crippen molar-refractivity contribution >= 4 is 5.78 Å². The highest BCUT2D eigenvalue weighted by molar-refractivity contribution is 5.97. The summed E-state index contributed by atoms with van der Waals surface area (Å²) in [4.78, 5) is 12.0. The molecule has 0 spiro atoms. The first kappa shape index (κ1) is 10.7. The zero-order valence-electron chi connectivity index (χ0n) is 8.88. The van der Waals surface area contributed by atoms with Crippen molar-refractivity contribution in [2.45, 2.75) is 13.0 Å². The largest absolute Gasteiger partial charge is 0.466 e. The molecule has 2 heterocycles. The number of hydrogen-bond donors (Lipinski definition) is 0. The molecule has 4 heteroatoms. The van der Waals surface area contributed by atoms with Crippen molar-refractivity contribution in [2.24, 2.45) is 0 Å². The second kappa shape index (κ2) is 4.81. The molecule has 2 aromatic heterocycles. The molecular weight excluding hydrogens is 208 g/mol. The number of Topliss-reactive ketones (excluding diaryl/α,β-unsaturated/α-hetero) is 1. The van der Waals surface area contributed by atoms with Crippen LogP contribution in [0.1, 0.15) is 29.3 Å². The van der Waals surface area contributed by atoms with Gasteiger partial charge in [0.2, 0.25) is 5.78 Å². The minimum Gasteiger partial charge on any atom is -0.466 e. The second-order valence-corrected chi connectivity index (χ2v) is 3.19. The van der Waals surface area contributed by atoms with Crippen molar-refractivity contribution in [3.05, 3.63) is 48.3 Å². The summed E-state index contributed by atoms with van der Waals surface area (Å²) in [5.41, 5.74) is 0. The van der Waals surface area contributed by atoms with Crippen LogP contribution < -0.4 is 0 Å². The van der Waals surface area contributed by atoms with Crippen molar-refractivity contribution in [3.63, 3.8) is 0 Å². The van der Waals surface area contributed by atoms with E-state index in [4.69, 9.17) is 13.6 Å². The van der Waals surface area contributed by atoms with Crippen LogP contribution in [0.25, 0.3) is 0 Å². The Labute approximate surface area is 92.8 Å². The number of rotatable bonds is 5. The molecule has 0 N–H and O–H groups in total. The van der Waals surface area contributed by atoms with Gasteiger partial charge in [-0.2, -0.15) is 0 Å². The first-order chi connectivity index (χ1) is 7.83. The number of hydrogen-bond acceptors (Lipinski definition) is 4. The molecular formula is C12H12O4. The highest BCUT2D eigenvalue weighted by Gasteiger charge is 2.26. The number of carbonyl (C=O) groups is 1. The van der Waals surface area contributed by atoms with Crippen LogP contribution in [0.4, 0.5) is 0 Å². The van der Waals surface area contributed by atoms with Crippen molar-refractivity contribution in [2.75, 3.05) is 6.61 Å². The SMILES string of the molecule is CCOC(C(=O)c1ccco1)c1ccco1. The molecule has 1 atom stereocenters. The van der Waals surface area contributed by atoms with Crippen LogP contribution in [0.2, 0.25) is 0 Å². The van der Waals surface area contributed by atoms with E-state index >= 15 is 0 Å². The topological polar surface area (TPSA) is 52.6 Å². The molecule has 0 aliphatic carbocycles. The Morgan fingerprint density at radius 1 is 1.31 bits per heavy atom. The summed E-state index contributed by atoms with van der Waals surface area (Å²) >= 11 is 0. The third-order valence-corrected chi connectivity index (χ3v) is 2.14. The Morgan fingerprint density at radius 3 is 2.62 bits per heavy atom. The fourth-order valence-corrected chi connectivity index (χ4v) is 1.44. The molecule has 0 bridgehead atoms. The van der Waals surface area contributed by atoms with Gasteiger partial charge in [0.25, 0.3) is 0 Å². The van der Waals surface area contributed by atoms with Gasteiger partial charge >= 0.3 is 0 Å². The van der Waals surface area contributed by atoms with Crippen LogP contribution in [0.15, 0.2) is 45.6 Å². The Balaban J connectivity index is 2.23. The molecule has 0 amide bonds. The lowest BCUT2D eigenvalue weighted by molar-refractivity contribution is 0.0349. The Hall–Kier alpha value is -1.81. The van der Waals surface area contributed by atoms with Gasteiger partial charge in [-0.25, -0.2) is 0 Å². The Bertz CT molecular complexity index is 428. The smallest absolute Gasteiger partial charge is 0.234 e. The van der Waals surface area contributed by atoms with Crippen LogP contribution >= 0.6 is 0 Å². The van der Waals surface area contributed by atoms with Gasteiger partial charge in [-0.3, -0.25) is 4.79 Å². The van der Waals surface area contributed by atoms with Crippen LogP contribution in [-0.2, 0) is 4.74 Å². The maximum absolute atomic E-state index is 12.0. The summed E-state index contributed by atoms with van der Waals surface area (Å²) in [7, 11) is 0. The van der Waals surface area contributed by atoms with E-state index in [0.717, 1.165) is 0 Å². The zero-order valence-corrected chi connectivity index (χ0v) is 8.88. The van der Waals surface area contributed by atoms with Crippen molar-refractivity contribution in [1.29, 1.82) is 0 Å². The van der Waals surface area contributed by atoms with Gasteiger partial charge < -0.3 is 13.6 Å². The van der Waals surface area contributed by atoms with Crippen molar-refractivity contribution in [1.82, 2.24) is 0 Å². The fraction of sp³-hybridized carbons (Fsp3) is 0.250. The predicted molar refractivity (Wildman–Crippen MR) is 56.1 cm³/mol. The third-order valence-electron chi connectivity index (χ3n) is 2.14. The van der Waals surface area contributed by atoms with E-state index in [1.165, 1.54) is 12.5 Å². The first-order valence-corrected chi connectivity index (χ1v) is 5.05. The minimum atomic E-state index is -0.730. The average molecular weight is 220 g/mol. The van der Waals surface area contributed by atoms with Crippen LogP contribution in [0.3, 0.4) is 0 Å². The predicted octanol–water partition coefficient (Wildman–Crippen LogP) is 2.83. The molecule has 2 aromatic rings. The molecule has 16 heavy (non-hydrogen) atoms. The molecule has 4 nitrogen and oxygen atoms in total. The molecule has 0 saturated carbocycles. The normalized spacial score (nSPS) is 12.6. The summed E-state index contributed by atoms with van der Waals surface area (Å²) in [6, 6.07) is 6.70. The lowest BCUT2D eigenvalue weighted by Gasteiger charge is -2.11. The van der Waals surface area contributed by atoms with Gasteiger partial charge in [0, 0.05) is 6.61 Å². The third kappa shape index (κ3) is 2.06. The van der Waals surface area contributed by atoms with E-state index in [-0.39, 0.29) is 11.5 Å². The molecule has 0 saturated heterocycles. The lowest BCUT2D eigenvalue weighted by Crippen LogP contribution is -2.15. The van der Waals surface area contributed by atoms with Gasteiger partial charge in [0.05, 0.1) is 12.5 Å². The molecule has 1 unspecified atom stereocenters. The van der Waals surface area contributed by atoms with Gasteiger partial charge in [-0.1, -0.05) is 0 Å². The fourth-order valence-electron chi connectivity index (χ4n) is 1.44. The summed E-state index contributed by atoms with van der Waals surface area (Å²) < 4.78 is 15.6. The standard InChI is InChI=1S/C12H12O4/c1-2-14-12(10-6-4-8-16-10)11(13)9-5-3-7-15-9/h3-8,12H,2H2,1H3. The van der Waals surface area contributed by atoms with E-state index in [1.54, 1.807) is 24.3 Å². The highest BCUT2D eigenvalue weighted by atomic mass is 16.5. The number of ether oxygens (including phenoxy) is 1. The molecule has 0 aromatic carbocycles. The monoisotopic (exact) mass is 220 g/mol. The summed E-state index contributed by atoms with van der Waals surface area (Å²) in [5, 5.41) is 0. The molecule has 84 valence electrons. The molecule has 0 radical (unpaired) electrons. The second-order valence-electron chi connectivity index (χ2n) is 3.19.